The molecule has 1 heteroatoms. The van der Waals surface area contributed by atoms with Gasteiger partial charge in [-0.25, -0.2) is 0 Å². The van der Waals surface area contributed by atoms with Crippen LogP contribution in [0.25, 0.3) is 0 Å². The van der Waals surface area contributed by atoms with Crippen molar-refractivity contribution in [1.82, 2.24) is 0 Å². The van der Waals surface area contributed by atoms with Crippen LogP contribution in [0, 0.1) is 22.7 Å². The molecule has 1 aliphatic carbocycles. The van der Waals surface area contributed by atoms with Crippen molar-refractivity contribution < 1.29 is 0 Å². The second kappa shape index (κ2) is 4.65. The Kier molecular flexibility index (Phi) is 3.78. The number of rotatable bonds is 3. The lowest BCUT2D eigenvalue weighted by Crippen LogP contribution is -2.13. The van der Waals surface area contributed by atoms with Crippen LogP contribution < -0.4 is 0 Å². The molecule has 0 heterocycles. The standard InChI is InChI=1S/C12H21N/c1-12(2,10-13)9-8-11-6-4-3-5-7-11/h11H,3-9H2,1-2H3. The van der Waals surface area contributed by atoms with E-state index in [1.807, 2.05) is 0 Å². The predicted molar refractivity (Wildman–Crippen MR) is 55.2 cm³/mol. The highest BCUT2D eigenvalue weighted by atomic mass is 14.3. The number of hydrogen-bond acceptors (Lipinski definition) is 1. The van der Waals surface area contributed by atoms with Gasteiger partial charge in [0.25, 0.3) is 0 Å². The van der Waals surface area contributed by atoms with Gasteiger partial charge in [-0.3, -0.25) is 0 Å². The average molecular weight is 179 g/mol. The summed E-state index contributed by atoms with van der Waals surface area (Å²) in [5.41, 5.74) is -0.0998. The molecule has 0 spiro atoms. The highest BCUT2D eigenvalue weighted by molar-refractivity contribution is 4.91. The van der Waals surface area contributed by atoms with Gasteiger partial charge in [0.2, 0.25) is 0 Å². The van der Waals surface area contributed by atoms with Gasteiger partial charge in [0.05, 0.1) is 11.5 Å². The largest absolute Gasteiger partial charge is 0.198 e. The molecule has 1 aliphatic rings. The van der Waals surface area contributed by atoms with Gasteiger partial charge in [-0.05, 0) is 32.6 Å². The van der Waals surface area contributed by atoms with Crippen molar-refractivity contribution >= 4 is 0 Å². The van der Waals surface area contributed by atoms with Crippen LogP contribution in [0.2, 0.25) is 0 Å². The quantitative estimate of drug-likeness (QED) is 0.644. The van der Waals surface area contributed by atoms with Crippen LogP contribution in [0.1, 0.15) is 58.8 Å². The van der Waals surface area contributed by atoms with Crippen molar-refractivity contribution in [1.29, 1.82) is 5.26 Å². The fraction of sp³-hybridized carbons (Fsp3) is 0.917. The van der Waals surface area contributed by atoms with Crippen molar-refractivity contribution in [2.24, 2.45) is 11.3 Å². The zero-order valence-corrected chi connectivity index (χ0v) is 8.97. The Hall–Kier alpha value is -0.510. The van der Waals surface area contributed by atoms with Gasteiger partial charge in [-0.2, -0.15) is 5.26 Å². The van der Waals surface area contributed by atoms with E-state index in [4.69, 9.17) is 5.26 Å². The lowest BCUT2D eigenvalue weighted by molar-refractivity contribution is 0.296. The minimum atomic E-state index is -0.0998. The Labute approximate surface area is 82.1 Å². The summed E-state index contributed by atoms with van der Waals surface area (Å²) < 4.78 is 0. The van der Waals surface area contributed by atoms with Crippen LogP contribution in [-0.4, -0.2) is 0 Å². The molecule has 0 unspecified atom stereocenters. The monoisotopic (exact) mass is 179 g/mol. The number of hydrogen-bond donors (Lipinski definition) is 0. The van der Waals surface area contributed by atoms with Crippen molar-refractivity contribution in [3.8, 4) is 6.07 Å². The molecule has 0 aromatic carbocycles. The van der Waals surface area contributed by atoms with E-state index in [2.05, 4.69) is 19.9 Å². The zero-order valence-electron chi connectivity index (χ0n) is 8.97. The molecule has 0 aliphatic heterocycles. The first-order valence-corrected chi connectivity index (χ1v) is 5.55. The Bertz CT molecular complexity index is 182. The number of nitriles is 1. The number of nitrogens with zero attached hydrogens (tertiary/aromatic N) is 1. The highest BCUT2D eigenvalue weighted by Crippen LogP contribution is 2.31. The summed E-state index contributed by atoms with van der Waals surface area (Å²) in [7, 11) is 0. The third kappa shape index (κ3) is 3.81. The summed E-state index contributed by atoms with van der Waals surface area (Å²) in [6.45, 7) is 4.10. The molecule has 0 radical (unpaired) electrons. The van der Waals surface area contributed by atoms with Crippen LogP contribution >= 0.6 is 0 Å². The van der Waals surface area contributed by atoms with E-state index in [1.165, 1.54) is 38.5 Å². The van der Waals surface area contributed by atoms with E-state index in [0.717, 1.165) is 12.3 Å². The Morgan fingerprint density at radius 3 is 2.38 bits per heavy atom. The molecule has 0 saturated heterocycles. The van der Waals surface area contributed by atoms with Gasteiger partial charge in [-0.1, -0.05) is 32.1 Å². The molecule has 0 atom stereocenters. The van der Waals surface area contributed by atoms with Crippen LogP contribution in [0.15, 0.2) is 0 Å². The molecular formula is C12H21N. The van der Waals surface area contributed by atoms with Gasteiger partial charge in [0.15, 0.2) is 0 Å². The Morgan fingerprint density at radius 2 is 1.85 bits per heavy atom. The van der Waals surface area contributed by atoms with Gasteiger partial charge in [-0.15, -0.1) is 0 Å². The minimum absolute atomic E-state index is 0.0998. The van der Waals surface area contributed by atoms with Crippen molar-refractivity contribution in [3.05, 3.63) is 0 Å². The second-order valence-corrected chi connectivity index (χ2v) is 5.04. The van der Waals surface area contributed by atoms with E-state index in [1.54, 1.807) is 0 Å². The normalized spacial score (nSPS) is 19.8. The van der Waals surface area contributed by atoms with Gasteiger partial charge < -0.3 is 0 Å². The molecule has 1 rings (SSSR count). The molecule has 0 amide bonds. The molecule has 0 aromatic heterocycles. The lowest BCUT2D eigenvalue weighted by Gasteiger charge is -2.24. The summed E-state index contributed by atoms with van der Waals surface area (Å²) in [4.78, 5) is 0. The third-order valence-corrected chi connectivity index (χ3v) is 3.20. The van der Waals surface area contributed by atoms with E-state index in [9.17, 15) is 0 Å². The van der Waals surface area contributed by atoms with E-state index < -0.39 is 0 Å². The smallest absolute Gasteiger partial charge is 0.0683 e. The van der Waals surface area contributed by atoms with Crippen molar-refractivity contribution in [3.63, 3.8) is 0 Å². The van der Waals surface area contributed by atoms with Gasteiger partial charge in [0.1, 0.15) is 0 Å². The van der Waals surface area contributed by atoms with E-state index >= 15 is 0 Å². The van der Waals surface area contributed by atoms with Gasteiger partial charge in [0, 0.05) is 0 Å². The maximum absolute atomic E-state index is 8.87. The molecule has 74 valence electrons. The third-order valence-electron chi connectivity index (χ3n) is 3.20. The van der Waals surface area contributed by atoms with Crippen LogP contribution in [0.4, 0.5) is 0 Å². The maximum atomic E-state index is 8.87. The molecule has 13 heavy (non-hydrogen) atoms. The first kappa shape index (κ1) is 10.6. The molecule has 1 nitrogen and oxygen atoms in total. The average Bonchev–Trinajstić information content (AvgIpc) is 2.17. The fourth-order valence-electron chi connectivity index (χ4n) is 2.10. The minimum Gasteiger partial charge on any atom is -0.198 e. The van der Waals surface area contributed by atoms with Gasteiger partial charge >= 0.3 is 0 Å². The van der Waals surface area contributed by atoms with Crippen LogP contribution in [0.5, 0.6) is 0 Å². The summed E-state index contributed by atoms with van der Waals surface area (Å²) in [5.74, 6) is 0.918. The molecular weight excluding hydrogens is 158 g/mol. The van der Waals surface area contributed by atoms with E-state index in [0.29, 0.717) is 0 Å². The first-order chi connectivity index (χ1) is 6.14. The van der Waals surface area contributed by atoms with Crippen LogP contribution in [0.3, 0.4) is 0 Å². The molecule has 0 bridgehead atoms. The summed E-state index contributed by atoms with van der Waals surface area (Å²) in [6, 6.07) is 2.38. The lowest BCUT2D eigenvalue weighted by atomic mass is 9.80. The zero-order chi connectivity index (χ0) is 9.73. The predicted octanol–water partition coefficient (Wildman–Crippen LogP) is 3.90. The van der Waals surface area contributed by atoms with Crippen LogP contribution in [-0.2, 0) is 0 Å². The molecule has 1 saturated carbocycles. The molecule has 1 fully saturated rings. The van der Waals surface area contributed by atoms with E-state index in [-0.39, 0.29) is 5.41 Å². The SMILES string of the molecule is CC(C)(C#N)CCC1CCCCC1. The Morgan fingerprint density at radius 1 is 1.23 bits per heavy atom. The summed E-state index contributed by atoms with van der Waals surface area (Å²) in [5, 5.41) is 8.87. The van der Waals surface area contributed by atoms with Crippen molar-refractivity contribution in [2.75, 3.05) is 0 Å². The second-order valence-electron chi connectivity index (χ2n) is 5.04. The first-order valence-electron chi connectivity index (χ1n) is 5.55. The fourth-order valence-corrected chi connectivity index (χ4v) is 2.10. The topological polar surface area (TPSA) is 23.8 Å². The summed E-state index contributed by atoms with van der Waals surface area (Å²) in [6.07, 6.45) is 9.41. The Balaban J connectivity index is 2.22. The summed E-state index contributed by atoms with van der Waals surface area (Å²) >= 11 is 0. The maximum Gasteiger partial charge on any atom is 0.0683 e. The molecule has 0 aromatic rings. The highest BCUT2D eigenvalue weighted by Gasteiger charge is 2.20. The van der Waals surface area contributed by atoms with Crippen molar-refractivity contribution in [2.45, 2.75) is 58.8 Å². The molecule has 0 N–H and O–H groups in total.